The third-order valence-electron chi connectivity index (χ3n) is 7.13. The van der Waals surface area contributed by atoms with Gasteiger partial charge in [-0.1, -0.05) is 29.8 Å². The summed E-state index contributed by atoms with van der Waals surface area (Å²) in [7, 11) is -3.09. The highest BCUT2D eigenvalue weighted by Gasteiger charge is 2.42. The highest BCUT2D eigenvalue weighted by molar-refractivity contribution is 7.89. The average Bonchev–Trinajstić information content (AvgIpc) is 3.77. The maximum atomic E-state index is 14.0. The third-order valence-corrected chi connectivity index (χ3v) is 9.80. The molecule has 6 rings (SSSR count). The summed E-state index contributed by atoms with van der Waals surface area (Å²) < 4.78 is 76.3. The summed E-state index contributed by atoms with van der Waals surface area (Å²) in [5.41, 5.74) is 1.37. The highest BCUT2D eigenvalue weighted by atomic mass is 35.5. The van der Waals surface area contributed by atoms with E-state index in [4.69, 9.17) is 21.3 Å². The summed E-state index contributed by atoms with van der Waals surface area (Å²) in [5.74, 6) is -0.986. The second-order valence-electron chi connectivity index (χ2n) is 9.80. The molecule has 16 heteroatoms. The zero-order chi connectivity index (χ0) is 31.2. The standard InChI is InChI=1S/C28H22ClF3N6O4S2/c1-42-27(39)18-4-2-3-5-22(18)44(40,41)36-16-13-21-23(20-8-10-38(35-20)28(31)32)24(17-7-6-15(30)12-19(17)29)34-25(37(21)14-16)26-33-9-11-43-26/h2-12,16,24,28,36H,13-14H2,1H3/t16-,24-/m0/s1. The lowest BCUT2D eigenvalue weighted by Gasteiger charge is -2.32. The summed E-state index contributed by atoms with van der Waals surface area (Å²) in [6, 6.07) is 9.22. The van der Waals surface area contributed by atoms with Crippen molar-refractivity contribution in [3.63, 3.8) is 0 Å². The summed E-state index contributed by atoms with van der Waals surface area (Å²) in [6.45, 7) is -2.81. The molecule has 4 heterocycles. The first-order chi connectivity index (χ1) is 21.1. The number of esters is 1. The molecule has 1 fully saturated rings. The Morgan fingerprint density at radius 2 is 2.00 bits per heavy atom. The molecule has 2 aromatic heterocycles. The van der Waals surface area contributed by atoms with Gasteiger partial charge in [0.05, 0.1) is 23.3 Å². The zero-order valence-corrected chi connectivity index (χ0v) is 25.1. The SMILES string of the molecule is COC(=O)c1ccccc1S(=O)(=O)N[C@H]1CC2=C(c3ccn(C(F)F)n3)[C@H](c3ccc(F)cc3Cl)N=C(c3nccs3)N2C1. The van der Waals surface area contributed by atoms with Crippen molar-refractivity contribution in [2.75, 3.05) is 13.7 Å². The Labute approximate surface area is 258 Å². The number of halogens is 4. The summed E-state index contributed by atoms with van der Waals surface area (Å²) in [5, 5.41) is 6.41. The number of aromatic nitrogens is 3. The molecular weight excluding hydrogens is 641 g/mol. The molecule has 0 amide bonds. The number of aliphatic imine (C=N–C) groups is 1. The van der Waals surface area contributed by atoms with Gasteiger partial charge in [0.15, 0.2) is 10.8 Å². The van der Waals surface area contributed by atoms with Gasteiger partial charge in [0, 0.05) is 58.6 Å². The Morgan fingerprint density at radius 3 is 2.68 bits per heavy atom. The van der Waals surface area contributed by atoms with Crippen molar-refractivity contribution in [1.29, 1.82) is 0 Å². The number of nitrogens with zero attached hydrogens (tertiary/aromatic N) is 5. The summed E-state index contributed by atoms with van der Waals surface area (Å²) in [6.07, 6.45) is 2.81. The van der Waals surface area contributed by atoms with Crippen LogP contribution in [0.2, 0.25) is 5.02 Å². The number of hydrogen-bond donors (Lipinski definition) is 1. The average molecular weight is 663 g/mol. The van der Waals surface area contributed by atoms with E-state index in [1.807, 2.05) is 0 Å². The Bertz CT molecular complexity index is 1910. The van der Waals surface area contributed by atoms with Crippen molar-refractivity contribution in [3.8, 4) is 0 Å². The molecule has 0 spiro atoms. The van der Waals surface area contributed by atoms with Crippen molar-refractivity contribution >= 4 is 50.3 Å². The fourth-order valence-corrected chi connectivity index (χ4v) is 7.63. The van der Waals surface area contributed by atoms with Crippen molar-refractivity contribution in [2.45, 2.75) is 29.9 Å². The Morgan fingerprint density at radius 1 is 1.20 bits per heavy atom. The predicted molar refractivity (Wildman–Crippen MR) is 156 cm³/mol. The molecule has 2 aliphatic heterocycles. The van der Waals surface area contributed by atoms with E-state index >= 15 is 0 Å². The van der Waals surface area contributed by atoms with Crippen LogP contribution in [0.25, 0.3) is 5.57 Å². The van der Waals surface area contributed by atoms with E-state index in [1.165, 1.54) is 53.8 Å². The van der Waals surface area contributed by atoms with Crippen molar-refractivity contribution < 1.29 is 31.1 Å². The van der Waals surface area contributed by atoms with E-state index in [1.54, 1.807) is 16.5 Å². The van der Waals surface area contributed by atoms with Crippen LogP contribution in [0.4, 0.5) is 13.2 Å². The van der Waals surface area contributed by atoms with Crippen LogP contribution in [0, 0.1) is 5.82 Å². The number of hydrogen-bond acceptors (Lipinski definition) is 9. The van der Waals surface area contributed by atoms with Crippen LogP contribution in [-0.4, -0.2) is 59.6 Å². The molecule has 0 bridgehead atoms. The molecule has 2 aliphatic rings. The second kappa shape index (κ2) is 11.8. The normalized spacial score (nSPS) is 18.5. The molecule has 4 aromatic rings. The Balaban J connectivity index is 1.48. The van der Waals surface area contributed by atoms with Crippen LogP contribution in [0.3, 0.4) is 0 Å². The van der Waals surface area contributed by atoms with E-state index in [9.17, 15) is 26.4 Å². The number of nitrogens with one attached hydrogen (secondary N) is 1. The minimum atomic E-state index is -4.24. The first-order valence-corrected chi connectivity index (χ1v) is 15.8. The first-order valence-electron chi connectivity index (χ1n) is 13.0. The number of sulfonamides is 1. The highest BCUT2D eigenvalue weighted by Crippen LogP contribution is 2.46. The van der Waals surface area contributed by atoms with Gasteiger partial charge in [0.1, 0.15) is 11.9 Å². The van der Waals surface area contributed by atoms with Gasteiger partial charge >= 0.3 is 12.5 Å². The van der Waals surface area contributed by atoms with E-state index in [-0.39, 0.29) is 34.1 Å². The van der Waals surface area contributed by atoms with Crippen LogP contribution >= 0.6 is 22.9 Å². The predicted octanol–water partition coefficient (Wildman–Crippen LogP) is 5.28. The third kappa shape index (κ3) is 5.51. The molecule has 0 aliphatic carbocycles. The van der Waals surface area contributed by atoms with Crippen LogP contribution in [0.15, 0.2) is 81.9 Å². The Kier molecular flexibility index (Phi) is 8.04. The largest absolute Gasteiger partial charge is 0.465 e. The van der Waals surface area contributed by atoms with Crippen molar-refractivity contribution in [1.82, 2.24) is 24.4 Å². The van der Waals surface area contributed by atoms with Gasteiger partial charge in [-0.3, -0.25) is 4.99 Å². The van der Waals surface area contributed by atoms with Gasteiger partial charge in [0.2, 0.25) is 10.0 Å². The lowest BCUT2D eigenvalue weighted by Crippen LogP contribution is -2.39. The van der Waals surface area contributed by atoms with Crippen LogP contribution in [0.1, 0.15) is 45.6 Å². The maximum Gasteiger partial charge on any atom is 0.339 e. The number of methoxy groups -OCH3 is 1. The molecule has 0 saturated carbocycles. The number of fused-ring (bicyclic) bond motifs is 1. The monoisotopic (exact) mass is 662 g/mol. The molecule has 1 saturated heterocycles. The molecule has 1 N–H and O–H groups in total. The minimum absolute atomic E-state index is 0.0618. The Hall–Kier alpha value is -4.05. The van der Waals surface area contributed by atoms with Crippen LogP contribution in [-0.2, 0) is 14.8 Å². The molecule has 2 atom stereocenters. The van der Waals surface area contributed by atoms with Gasteiger partial charge in [-0.25, -0.2) is 32.0 Å². The van der Waals surface area contributed by atoms with Gasteiger partial charge in [-0.15, -0.1) is 11.3 Å². The van der Waals surface area contributed by atoms with E-state index in [2.05, 4.69) is 14.8 Å². The van der Waals surface area contributed by atoms with Gasteiger partial charge in [0.25, 0.3) is 0 Å². The topological polar surface area (TPSA) is 119 Å². The minimum Gasteiger partial charge on any atom is -0.465 e. The molecule has 44 heavy (non-hydrogen) atoms. The fourth-order valence-electron chi connectivity index (χ4n) is 5.30. The molecule has 0 unspecified atom stereocenters. The fraction of sp³-hybridized carbons (Fsp3) is 0.214. The molecular formula is C28H22ClF3N6O4S2. The molecule has 228 valence electrons. The van der Waals surface area contributed by atoms with Crippen LogP contribution < -0.4 is 4.72 Å². The zero-order valence-electron chi connectivity index (χ0n) is 22.7. The van der Waals surface area contributed by atoms with E-state index < -0.39 is 40.4 Å². The number of benzene rings is 2. The lowest BCUT2D eigenvalue weighted by molar-refractivity contribution is 0.0563. The number of amidine groups is 1. The summed E-state index contributed by atoms with van der Waals surface area (Å²) >= 11 is 7.79. The van der Waals surface area contributed by atoms with Crippen molar-refractivity contribution in [3.05, 3.63) is 105 Å². The lowest BCUT2D eigenvalue weighted by atomic mass is 9.92. The van der Waals surface area contributed by atoms with Gasteiger partial charge in [-0.05, 0) is 30.3 Å². The second-order valence-corrected chi connectivity index (χ2v) is 12.8. The quantitative estimate of drug-likeness (QED) is 0.255. The molecule has 0 radical (unpaired) electrons. The first kappa shape index (κ1) is 30.0. The molecule has 10 nitrogen and oxygen atoms in total. The number of carbonyl (C=O) groups excluding carboxylic acids is 1. The van der Waals surface area contributed by atoms with Gasteiger partial charge in [-0.2, -0.15) is 13.9 Å². The van der Waals surface area contributed by atoms with Crippen molar-refractivity contribution in [2.24, 2.45) is 4.99 Å². The number of carbonyl (C=O) groups is 1. The maximum absolute atomic E-state index is 14.0. The van der Waals surface area contributed by atoms with Gasteiger partial charge < -0.3 is 9.64 Å². The smallest absolute Gasteiger partial charge is 0.339 e. The van der Waals surface area contributed by atoms with E-state index in [0.29, 0.717) is 32.4 Å². The number of rotatable bonds is 8. The van der Waals surface area contributed by atoms with E-state index in [0.717, 1.165) is 19.4 Å². The number of ether oxygens (including phenoxy) is 1. The molecule has 2 aromatic carbocycles. The van der Waals surface area contributed by atoms with Crippen LogP contribution in [0.5, 0.6) is 0 Å². The summed E-state index contributed by atoms with van der Waals surface area (Å²) in [4.78, 5) is 23.2. The number of thiazole rings is 1. The number of alkyl halides is 2.